The second-order valence-corrected chi connectivity index (χ2v) is 5.13. The molecule has 2 amide bonds. The van der Waals surface area contributed by atoms with E-state index in [1.807, 2.05) is 6.92 Å². The number of carbonyl (C=O) groups is 1. The van der Waals surface area contributed by atoms with Crippen LogP contribution in [0, 0.1) is 11.8 Å². The molecule has 0 spiro atoms. The van der Waals surface area contributed by atoms with Crippen molar-refractivity contribution < 1.29 is 9.90 Å². The van der Waals surface area contributed by atoms with Crippen LogP contribution in [0.25, 0.3) is 0 Å². The molecule has 0 aromatic rings. The molecule has 0 heterocycles. The first kappa shape index (κ1) is 14.3. The highest BCUT2D eigenvalue weighted by atomic mass is 16.3. The summed E-state index contributed by atoms with van der Waals surface area (Å²) in [6.07, 6.45) is 3.54. The lowest BCUT2D eigenvalue weighted by Crippen LogP contribution is -2.50. The number of carbonyl (C=O) groups excluding carboxylic acids is 1. The molecule has 17 heavy (non-hydrogen) atoms. The van der Waals surface area contributed by atoms with E-state index < -0.39 is 0 Å². The molecule has 0 saturated heterocycles. The number of likely N-dealkylation sites (N-methyl/N-ethyl adjacent to an activating group) is 1. The summed E-state index contributed by atoms with van der Waals surface area (Å²) in [5.41, 5.74) is 0. The zero-order chi connectivity index (χ0) is 12.8. The Morgan fingerprint density at radius 1 is 1.41 bits per heavy atom. The van der Waals surface area contributed by atoms with Gasteiger partial charge in [0.05, 0.1) is 6.61 Å². The molecule has 0 radical (unpaired) electrons. The first-order valence-corrected chi connectivity index (χ1v) is 6.76. The molecule has 2 N–H and O–H groups in total. The molecule has 4 nitrogen and oxygen atoms in total. The molecule has 0 aromatic carbocycles. The Kier molecular flexibility index (Phi) is 5.75. The molecular formula is C13H26N2O2. The quantitative estimate of drug-likeness (QED) is 0.790. The van der Waals surface area contributed by atoms with Gasteiger partial charge in [0.15, 0.2) is 0 Å². The van der Waals surface area contributed by atoms with E-state index in [1.54, 1.807) is 4.90 Å². The largest absolute Gasteiger partial charge is 0.395 e. The van der Waals surface area contributed by atoms with Crippen LogP contribution < -0.4 is 5.32 Å². The van der Waals surface area contributed by atoms with Crippen molar-refractivity contribution in [2.45, 2.75) is 46.1 Å². The van der Waals surface area contributed by atoms with Gasteiger partial charge in [-0.05, 0) is 25.2 Å². The summed E-state index contributed by atoms with van der Waals surface area (Å²) in [5, 5.41) is 12.0. The number of amides is 2. The van der Waals surface area contributed by atoms with E-state index in [1.165, 1.54) is 12.8 Å². The first-order valence-electron chi connectivity index (χ1n) is 6.76. The van der Waals surface area contributed by atoms with Crippen LogP contribution in [0.3, 0.4) is 0 Å². The highest BCUT2D eigenvalue weighted by Crippen LogP contribution is 2.29. The molecule has 1 fully saturated rings. The third-order valence-corrected chi connectivity index (χ3v) is 4.05. The van der Waals surface area contributed by atoms with Crippen LogP contribution in [0.15, 0.2) is 0 Å². The average Bonchev–Trinajstić information content (AvgIpc) is 2.31. The lowest BCUT2D eigenvalue weighted by atomic mass is 9.78. The predicted molar refractivity (Wildman–Crippen MR) is 68.8 cm³/mol. The van der Waals surface area contributed by atoms with E-state index in [2.05, 4.69) is 19.2 Å². The lowest BCUT2D eigenvalue weighted by Gasteiger charge is -2.35. The van der Waals surface area contributed by atoms with E-state index in [0.717, 1.165) is 6.42 Å². The maximum Gasteiger partial charge on any atom is 0.317 e. The number of hydrogen-bond acceptors (Lipinski definition) is 2. The van der Waals surface area contributed by atoms with Crippen molar-refractivity contribution in [1.29, 1.82) is 0 Å². The summed E-state index contributed by atoms with van der Waals surface area (Å²) >= 11 is 0. The van der Waals surface area contributed by atoms with Gasteiger partial charge in [0.25, 0.3) is 0 Å². The van der Waals surface area contributed by atoms with Gasteiger partial charge >= 0.3 is 6.03 Å². The maximum atomic E-state index is 12.0. The van der Waals surface area contributed by atoms with E-state index in [-0.39, 0.29) is 12.6 Å². The number of nitrogens with one attached hydrogen (secondary N) is 1. The fourth-order valence-corrected chi connectivity index (χ4v) is 2.56. The van der Waals surface area contributed by atoms with Gasteiger partial charge in [-0.2, -0.15) is 0 Å². The number of aliphatic hydroxyl groups excluding tert-OH is 1. The summed E-state index contributed by atoms with van der Waals surface area (Å²) < 4.78 is 0. The predicted octanol–water partition coefficient (Wildman–Crippen LogP) is 1.83. The van der Waals surface area contributed by atoms with Crippen LogP contribution in [-0.2, 0) is 0 Å². The standard InChI is InChI=1S/C13H26N2O2/c1-4-15(8-9-16)13(17)14-12-7-5-6-10(2)11(12)3/h10-12,16H,4-9H2,1-3H3,(H,14,17)/t10-,11+,12-/m1/s1. The van der Waals surface area contributed by atoms with Crippen LogP contribution in [0.2, 0.25) is 0 Å². The normalized spacial score (nSPS) is 28.8. The third-order valence-electron chi connectivity index (χ3n) is 4.05. The molecule has 0 aromatic heterocycles. The molecule has 4 heteroatoms. The molecule has 100 valence electrons. The smallest absolute Gasteiger partial charge is 0.317 e. The zero-order valence-electron chi connectivity index (χ0n) is 11.3. The van der Waals surface area contributed by atoms with Crippen molar-refractivity contribution in [3.8, 4) is 0 Å². The summed E-state index contributed by atoms with van der Waals surface area (Å²) in [5.74, 6) is 1.22. The fourth-order valence-electron chi connectivity index (χ4n) is 2.56. The molecule has 1 aliphatic rings. The Balaban J connectivity index is 2.48. The van der Waals surface area contributed by atoms with Gasteiger partial charge in [-0.15, -0.1) is 0 Å². The second kappa shape index (κ2) is 6.84. The molecule has 0 aliphatic heterocycles. The number of hydrogen-bond donors (Lipinski definition) is 2. The Morgan fingerprint density at radius 2 is 2.12 bits per heavy atom. The van der Waals surface area contributed by atoms with Gasteiger partial charge in [0.2, 0.25) is 0 Å². The minimum atomic E-state index is -0.0347. The van der Waals surface area contributed by atoms with Crippen LogP contribution in [0.4, 0.5) is 4.79 Å². The van der Waals surface area contributed by atoms with Crippen LogP contribution in [-0.4, -0.2) is 41.8 Å². The number of urea groups is 1. The highest BCUT2D eigenvalue weighted by Gasteiger charge is 2.28. The highest BCUT2D eigenvalue weighted by molar-refractivity contribution is 5.74. The van der Waals surface area contributed by atoms with Crippen LogP contribution in [0.5, 0.6) is 0 Å². The van der Waals surface area contributed by atoms with E-state index in [0.29, 0.717) is 31.0 Å². The van der Waals surface area contributed by atoms with Crippen molar-refractivity contribution in [2.24, 2.45) is 11.8 Å². The monoisotopic (exact) mass is 242 g/mol. The average molecular weight is 242 g/mol. The summed E-state index contributed by atoms with van der Waals surface area (Å²) in [6.45, 7) is 7.49. The molecule has 1 aliphatic carbocycles. The Labute approximate surface area is 104 Å². The minimum Gasteiger partial charge on any atom is -0.395 e. The van der Waals surface area contributed by atoms with Gasteiger partial charge in [0.1, 0.15) is 0 Å². The third kappa shape index (κ3) is 3.87. The van der Waals surface area contributed by atoms with Crippen molar-refractivity contribution >= 4 is 6.03 Å². The van der Waals surface area contributed by atoms with Crippen molar-refractivity contribution in [3.63, 3.8) is 0 Å². The van der Waals surface area contributed by atoms with Gasteiger partial charge in [0, 0.05) is 19.1 Å². The Hall–Kier alpha value is -0.770. The number of rotatable bonds is 4. The molecule has 0 unspecified atom stereocenters. The SMILES string of the molecule is CCN(CCO)C(=O)N[C@@H]1CCC[C@@H](C)[C@@H]1C. The van der Waals surface area contributed by atoms with Crippen LogP contribution in [0.1, 0.15) is 40.0 Å². The van der Waals surface area contributed by atoms with Gasteiger partial charge in [-0.1, -0.05) is 26.7 Å². The van der Waals surface area contributed by atoms with Crippen LogP contribution >= 0.6 is 0 Å². The minimum absolute atomic E-state index is 0.0257. The lowest BCUT2D eigenvalue weighted by molar-refractivity contribution is 0.158. The van der Waals surface area contributed by atoms with E-state index in [9.17, 15) is 4.79 Å². The summed E-state index contributed by atoms with van der Waals surface area (Å²) in [7, 11) is 0. The summed E-state index contributed by atoms with van der Waals surface area (Å²) in [4.78, 5) is 13.6. The van der Waals surface area contributed by atoms with E-state index >= 15 is 0 Å². The second-order valence-electron chi connectivity index (χ2n) is 5.13. The van der Waals surface area contributed by atoms with Crippen molar-refractivity contribution in [2.75, 3.05) is 19.7 Å². The van der Waals surface area contributed by atoms with Gasteiger partial charge in [-0.3, -0.25) is 0 Å². The zero-order valence-corrected chi connectivity index (χ0v) is 11.3. The molecule has 3 atom stereocenters. The topological polar surface area (TPSA) is 52.6 Å². The molecule has 0 bridgehead atoms. The number of nitrogens with zero attached hydrogens (tertiary/aromatic N) is 1. The Bertz CT molecular complexity index is 246. The maximum absolute atomic E-state index is 12.0. The van der Waals surface area contributed by atoms with E-state index in [4.69, 9.17) is 5.11 Å². The Morgan fingerprint density at radius 3 is 2.71 bits per heavy atom. The molecule has 1 saturated carbocycles. The van der Waals surface area contributed by atoms with Crippen molar-refractivity contribution in [1.82, 2.24) is 10.2 Å². The first-order chi connectivity index (χ1) is 8.10. The van der Waals surface area contributed by atoms with Crippen molar-refractivity contribution in [3.05, 3.63) is 0 Å². The molecular weight excluding hydrogens is 216 g/mol. The fraction of sp³-hybridized carbons (Fsp3) is 0.923. The van der Waals surface area contributed by atoms with Gasteiger partial charge in [-0.25, -0.2) is 4.79 Å². The molecule has 1 rings (SSSR count). The number of aliphatic hydroxyl groups is 1. The summed E-state index contributed by atoms with van der Waals surface area (Å²) in [6, 6.07) is 0.256. The van der Waals surface area contributed by atoms with Gasteiger partial charge < -0.3 is 15.3 Å².